The van der Waals surface area contributed by atoms with Crippen LogP contribution in [0.15, 0.2) is 49.1 Å². The van der Waals surface area contributed by atoms with Gasteiger partial charge in [0.15, 0.2) is 0 Å². The van der Waals surface area contributed by atoms with Crippen LogP contribution in [0.2, 0.25) is 0 Å². The maximum absolute atomic E-state index is 9.75. The zero-order valence-electron chi connectivity index (χ0n) is 10.5. The average molecular weight is 274 g/mol. The van der Waals surface area contributed by atoms with Crippen LogP contribution in [0.25, 0.3) is 0 Å². The molecule has 0 fully saturated rings. The molecule has 104 valence electrons. The van der Waals surface area contributed by atoms with E-state index in [0.717, 1.165) is 13.0 Å². The minimum absolute atomic E-state index is 1.05. The SMILES string of the molecule is C[n+]1ccn(CCc2ccccc2)c1.F[B-](F)(F)F. The lowest BCUT2D eigenvalue weighted by atomic mass is 10.1. The third-order valence-electron chi connectivity index (χ3n) is 2.33. The van der Waals surface area contributed by atoms with Crippen molar-refractivity contribution in [2.24, 2.45) is 7.05 Å². The van der Waals surface area contributed by atoms with Gasteiger partial charge in [0.25, 0.3) is 0 Å². The molecule has 2 rings (SSSR count). The number of halogens is 4. The largest absolute Gasteiger partial charge is 0.673 e. The number of aromatic nitrogens is 2. The third-order valence-corrected chi connectivity index (χ3v) is 2.33. The highest BCUT2D eigenvalue weighted by atomic mass is 19.5. The first-order valence-corrected chi connectivity index (χ1v) is 5.77. The number of hydrogen-bond donors (Lipinski definition) is 0. The van der Waals surface area contributed by atoms with Gasteiger partial charge in [0.2, 0.25) is 6.33 Å². The quantitative estimate of drug-likeness (QED) is 0.462. The molecule has 1 heterocycles. The summed E-state index contributed by atoms with van der Waals surface area (Å²) in [5, 5.41) is 0. The molecule has 0 amide bonds. The number of rotatable bonds is 3. The Bertz CT molecular complexity index is 476. The fourth-order valence-electron chi connectivity index (χ4n) is 1.54. The highest BCUT2D eigenvalue weighted by Gasteiger charge is 2.20. The Morgan fingerprint density at radius 2 is 1.68 bits per heavy atom. The lowest BCUT2D eigenvalue weighted by molar-refractivity contribution is -0.671. The summed E-state index contributed by atoms with van der Waals surface area (Å²) in [5.41, 5.74) is 1.39. The molecule has 0 aliphatic rings. The van der Waals surface area contributed by atoms with Crippen LogP contribution in [-0.4, -0.2) is 11.8 Å². The first-order chi connectivity index (χ1) is 8.84. The van der Waals surface area contributed by atoms with E-state index in [1.165, 1.54) is 5.56 Å². The van der Waals surface area contributed by atoms with E-state index in [2.05, 4.69) is 58.2 Å². The summed E-state index contributed by atoms with van der Waals surface area (Å²) in [6, 6.07) is 10.6. The van der Waals surface area contributed by atoms with Gasteiger partial charge in [-0.25, -0.2) is 9.13 Å². The van der Waals surface area contributed by atoms with Gasteiger partial charge in [-0.2, -0.15) is 0 Å². The van der Waals surface area contributed by atoms with Crippen molar-refractivity contribution in [3.8, 4) is 0 Å². The summed E-state index contributed by atoms with van der Waals surface area (Å²) in [7, 11) is -3.96. The van der Waals surface area contributed by atoms with Crippen molar-refractivity contribution in [1.82, 2.24) is 4.57 Å². The molecular formula is C12H15BF4N2. The van der Waals surface area contributed by atoms with Crippen LogP contribution in [0.1, 0.15) is 5.56 Å². The molecule has 0 unspecified atom stereocenters. The summed E-state index contributed by atoms with van der Waals surface area (Å²) in [4.78, 5) is 0. The molecule has 0 saturated heterocycles. The van der Waals surface area contributed by atoms with Crippen LogP contribution in [0, 0.1) is 0 Å². The van der Waals surface area contributed by atoms with Crippen molar-refractivity contribution < 1.29 is 21.8 Å². The van der Waals surface area contributed by atoms with E-state index in [4.69, 9.17) is 0 Å². The standard InChI is InChI=1S/C12H15N2.BF4/c1-13-9-10-14(11-13)8-7-12-5-3-2-4-6-12;2-1(3,4)5/h2-6,9-11H,7-8H2,1H3;/q+1;-1. The number of aryl methyl sites for hydroxylation is 3. The van der Waals surface area contributed by atoms with Crippen LogP contribution in [-0.2, 0) is 20.0 Å². The van der Waals surface area contributed by atoms with Crippen LogP contribution in [0.3, 0.4) is 0 Å². The molecule has 0 bridgehead atoms. The fourth-order valence-corrected chi connectivity index (χ4v) is 1.54. The Morgan fingerprint density at radius 3 is 2.16 bits per heavy atom. The zero-order valence-corrected chi connectivity index (χ0v) is 10.5. The maximum Gasteiger partial charge on any atom is 0.673 e. The Kier molecular flexibility index (Phi) is 5.60. The van der Waals surface area contributed by atoms with Gasteiger partial charge in [-0.05, 0) is 5.56 Å². The lowest BCUT2D eigenvalue weighted by Gasteiger charge is -1.97. The minimum atomic E-state index is -6.00. The van der Waals surface area contributed by atoms with Gasteiger partial charge < -0.3 is 17.3 Å². The molecule has 2 aromatic rings. The first kappa shape index (κ1) is 15.3. The van der Waals surface area contributed by atoms with E-state index >= 15 is 0 Å². The van der Waals surface area contributed by atoms with Crippen LogP contribution < -0.4 is 4.57 Å². The van der Waals surface area contributed by atoms with Gasteiger partial charge in [-0.1, -0.05) is 30.3 Å². The Labute approximate surface area is 109 Å². The second-order valence-corrected chi connectivity index (χ2v) is 4.05. The van der Waals surface area contributed by atoms with Gasteiger partial charge >= 0.3 is 7.25 Å². The van der Waals surface area contributed by atoms with E-state index < -0.39 is 7.25 Å². The molecule has 19 heavy (non-hydrogen) atoms. The van der Waals surface area contributed by atoms with Crippen LogP contribution in [0.4, 0.5) is 17.3 Å². The Hall–Kier alpha value is -1.79. The van der Waals surface area contributed by atoms with E-state index in [0.29, 0.717) is 0 Å². The second-order valence-electron chi connectivity index (χ2n) is 4.05. The summed E-state index contributed by atoms with van der Waals surface area (Å²) in [6.45, 7) is 1.05. The molecule has 0 spiro atoms. The predicted octanol–water partition coefficient (Wildman–Crippen LogP) is 2.86. The molecule has 1 aromatic heterocycles. The molecule has 1 aromatic carbocycles. The summed E-state index contributed by atoms with van der Waals surface area (Å²) in [5.74, 6) is 0. The summed E-state index contributed by atoms with van der Waals surface area (Å²) >= 11 is 0. The van der Waals surface area contributed by atoms with Crippen molar-refractivity contribution >= 4 is 7.25 Å². The number of imidazole rings is 1. The summed E-state index contributed by atoms with van der Waals surface area (Å²) < 4.78 is 43.3. The number of benzene rings is 1. The second kappa shape index (κ2) is 6.96. The Morgan fingerprint density at radius 1 is 1.11 bits per heavy atom. The van der Waals surface area contributed by atoms with Crippen molar-refractivity contribution in [2.75, 3.05) is 0 Å². The van der Waals surface area contributed by atoms with Gasteiger partial charge in [-0.15, -0.1) is 0 Å². The molecule has 0 aliphatic carbocycles. The van der Waals surface area contributed by atoms with Gasteiger partial charge in [0, 0.05) is 6.42 Å². The number of hydrogen-bond acceptors (Lipinski definition) is 0. The van der Waals surface area contributed by atoms with Crippen LogP contribution in [0.5, 0.6) is 0 Å². The predicted molar refractivity (Wildman–Crippen MR) is 65.9 cm³/mol. The molecular weight excluding hydrogens is 259 g/mol. The molecule has 0 saturated carbocycles. The van der Waals surface area contributed by atoms with E-state index in [1.54, 1.807) is 0 Å². The van der Waals surface area contributed by atoms with Crippen molar-refractivity contribution in [2.45, 2.75) is 13.0 Å². The molecule has 0 aliphatic heterocycles. The Balaban J connectivity index is 0.000000312. The molecule has 0 N–H and O–H groups in total. The van der Waals surface area contributed by atoms with Crippen LogP contribution >= 0.6 is 0 Å². The molecule has 0 atom stereocenters. The van der Waals surface area contributed by atoms with E-state index in [-0.39, 0.29) is 0 Å². The normalized spacial score (nSPS) is 10.8. The monoisotopic (exact) mass is 274 g/mol. The maximum atomic E-state index is 9.75. The van der Waals surface area contributed by atoms with Crippen molar-refractivity contribution in [1.29, 1.82) is 0 Å². The molecule has 2 nitrogen and oxygen atoms in total. The highest BCUT2D eigenvalue weighted by Crippen LogP contribution is 2.06. The minimum Gasteiger partial charge on any atom is -0.418 e. The fraction of sp³-hybridized carbons (Fsp3) is 0.250. The smallest absolute Gasteiger partial charge is 0.418 e. The first-order valence-electron chi connectivity index (χ1n) is 5.77. The van der Waals surface area contributed by atoms with Gasteiger partial charge in [0.05, 0.1) is 13.6 Å². The topological polar surface area (TPSA) is 8.81 Å². The number of nitrogens with zero attached hydrogens (tertiary/aromatic N) is 2. The van der Waals surface area contributed by atoms with Crippen molar-refractivity contribution in [3.63, 3.8) is 0 Å². The van der Waals surface area contributed by atoms with E-state index in [9.17, 15) is 17.3 Å². The lowest BCUT2D eigenvalue weighted by Crippen LogP contribution is -2.23. The zero-order chi connectivity index (χ0) is 14.3. The summed E-state index contributed by atoms with van der Waals surface area (Å²) in [6.07, 6.45) is 7.35. The molecule has 0 radical (unpaired) electrons. The molecule has 7 heteroatoms. The average Bonchev–Trinajstić information content (AvgIpc) is 2.72. The van der Waals surface area contributed by atoms with Gasteiger partial charge in [-0.3, -0.25) is 0 Å². The van der Waals surface area contributed by atoms with Gasteiger partial charge in [0.1, 0.15) is 12.4 Å². The third kappa shape index (κ3) is 8.02. The highest BCUT2D eigenvalue weighted by molar-refractivity contribution is 6.50. The van der Waals surface area contributed by atoms with Crippen molar-refractivity contribution in [3.05, 3.63) is 54.6 Å². The van der Waals surface area contributed by atoms with E-state index in [1.807, 2.05) is 7.05 Å².